The van der Waals surface area contributed by atoms with Crippen LogP contribution in [0.2, 0.25) is 0 Å². The highest BCUT2D eigenvalue weighted by Gasteiger charge is 2.08. The smallest absolute Gasteiger partial charge is 0.323 e. The lowest BCUT2D eigenvalue weighted by Crippen LogP contribution is -1.99. The highest BCUT2D eigenvalue weighted by Crippen LogP contribution is 1.82. The van der Waals surface area contributed by atoms with E-state index in [9.17, 15) is 4.79 Å². The predicted octanol–water partition coefficient (Wildman–Crippen LogP) is -0.895. The van der Waals surface area contributed by atoms with E-state index in [1.807, 2.05) is 0 Å². The van der Waals surface area contributed by atoms with Gasteiger partial charge < -0.3 is 4.74 Å². The van der Waals surface area contributed by atoms with Crippen LogP contribution in [-0.4, -0.2) is 19.2 Å². The van der Waals surface area contributed by atoms with Gasteiger partial charge in [0.05, 0.1) is 0 Å². The van der Waals surface area contributed by atoms with Gasteiger partial charge in [-0.25, -0.2) is 0 Å². The van der Waals surface area contributed by atoms with E-state index in [0.717, 1.165) is 0 Å². The first-order chi connectivity index (χ1) is 2.89. The van der Waals surface area contributed by atoms with Gasteiger partial charge in [-0.15, -0.1) is 0 Å². The van der Waals surface area contributed by atoms with Gasteiger partial charge in [0, 0.05) is 0 Å². The van der Waals surface area contributed by atoms with Crippen LogP contribution in [0.15, 0.2) is 0 Å². The molecule has 0 N–H and O–H groups in total. The van der Waals surface area contributed by atoms with Gasteiger partial charge in [-0.3, -0.25) is 4.79 Å². The second-order valence-electron chi connectivity index (χ2n) is 1.03. The topological polar surface area (TPSA) is 40.4 Å². The van der Waals surface area contributed by atoms with Crippen molar-refractivity contribution in [3.8, 4) is 0 Å². The Morgan fingerprint density at radius 2 is 2.67 bits per heavy atom. The Labute approximate surface area is 35.3 Å². The molecule has 33 valence electrons. The lowest BCUT2D eigenvalue weighted by molar-refractivity contribution is -0.136. The third-order valence-corrected chi connectivity index (χ3v) is 0.558. The number of nitrogens with zero attached hydrogens (tertiary/aromatic N) is 1. The normalized spacial score (nSPS) is 21.0. The summed E-state index contributed by atoms with van der Waals surface area (Å²) < 4.78 is 4.35. The third kappa shape index (κ3) is 0.490. The molecule has 0 saturated carbocycles. The van der Waals surface area contributed by atoms with Crippen molar-refractivity contribution in [2.45, 2.75) is 0 Å². The van der Waals surface area contributed by atoms with Crippen molar-refractivity contribution in [2.75, 3.05) is 13.3 Å². The summed E-state index contributed by atoms with van der Waals surface area (Å²) >= 11 is 0. The first kappa shape index (κ1) is 3.61. The van der Waals surface area contributed by atoms with Crippen molar-refractivity contribution in [1.29, 1.82) is 0 Å². The third-order valence-electron chi connectivity index (χ3n) is 0.558. The van der Waals surface area contributed by atoms with E-state index in [-0.39, 0.29) is 19.2 Å². The highest BCUT2D eigenvalue weighted by molar-refractivity contribution is 5.72. The Balaban J connectivity index is 2.37. The molecule has 0 aromatic carbocycles. The van der Waals surface area contributed by atoms with Crippen LogP contribution in [0.25, 0.3) is 0 Å². The zero-order chi connectivity index (χ0) is 4.41. The molecular weight excluding hydrogens is 82.0 g/mol. The summed E-state index contributed by atoms with van der Waals surface area (Å²) in [5.41, 5.74) is 0. The Hall–Kier alpha value is -0.570. The molecule has 1 rings (SSSR count). The molecule has 1 radical (unpaired) electrons. The molecule has 0 aliphatic carbocycles. The number of esters is 1. The van der Waals surface area contributed by atoms with Crippen LogP contribution in [0.4, 0.5) is 0 Å². The van der Waals surface area contributed by atoms with Gasteiger partial charge >= 0.3 is 5.97 Å². The molecule has 0 atom stereocenters. The molecule has 0 bridgehead atoms. The number of ether oxygens (including phenoxy) is 1. The first-order valence-corrected chi connectivity index (χ1v) is 1.68. The minimum absolute atomic E-state index is 0.213. The Morgan fingerprint density at radius 3 is 2.83 bits per heavy atom. The van der Waals surface area contributed by atoms with Crippen molar-refractivity contribution in [3.63, 3.8) is 0 Å². The van der Waals surface area contributed by atoms with Crippen LogP contribution < -0.4 is 5.32 Å². The van der Waals surface area contributed by atoms with Crippen molar-refractivity contribution in [3.05, 3.63) is 0 Å². The lowest BCUT2D eigenvalue weighted by atomic mass is 10.7. The number of carbonyl (C=O) groups is 1. The van der Waals surface area contributed by atoms with E-state index >= 15 is 0 Å². The van der Waals surface area contributed by atoms with Crippen LogP contribution >= 0.6 is 0 Å². The van der Waals surface area contributed by atoms with Gasteiger partial charge in [-0.1, -0.05) is 0 Å². The SMILES string of the molecule is O=C1C[N]CO1. The highest BCUT2D eigenvalue weighted by atomic mass is 16.6. The Bertz CT molecular complexity index is 63.2. The summed E-state index contributed by atoms with van der Waals surface area (Å²) in [7, 11) is 0. The zero-order valence-corrected chi connectivity index (χ0v) is 3.18. The summed E-state index contributed by atoms with van der Waals surface area (Å²) in [6.45, 7) is 0.513. The lowest BCUT2D eigenvalue weighted by Gasteiger charge is -1.78. The van der Waals surface area contributed by atoms with Crippen LogP contribution in [-0.2, 0) is 9.53 Å². The van der Waals surface area contributed by atoms with Crippen LogP contribution in [0, 0.1) is 0 Å². The maximum atomic E-state index is 9.93. The summed E-state index contributed by atoms with van der Waals surface area (Å²) in [6.07, 6.45) is 0. The number of hydrogen-bond acceptors (Lipinski definition) is 2. The number of hydrogen-bond donors (Lipinski definition) is 0. The van der Waals surface area contributed by atoms with Crippen molar-refractivity contribution in [1.82, 2.24) is 5.32 Å². The monoisotopic (exact) mass is 86.0 g/mol. The molecule has 0 amide bonds. The first-order valence-electron chi connectivity index (χ1n) is 1.68. The molecule has 6 heavy (non-hydrogen) atoms. The molecule has 1 heterocycles. The van der Waals surface area contributed by atoms with Gasteiger partial charge in [0.25, 0.3) is 0 Å². The average molecular weight is 86.1 g/mol. The number of carbonyl (C=O) groups excluding carboxylic acids is 1. The zero-order valence-electron chi connectivity index (χ0n) is 3.18. The number of cyclic esters (lactones) is 1. The van der Waals surface area contributed by atoms with Crippen LogP contribution in [0.5, 0.6) is 0 Å². The predicted molar refractivity (Wildman–Crippen MR) is 18.0 cm³/mol. The van der Waals surface area contributed by atoms with Gasteiger partial charge in [0.15, 0.2) is 6.73 Å². The second kappa shape index (κ2) is 1.26. The molecular formula is C3H4NO2. The fraction of sp³-hybridized carbons (Fsp3) is 0.667. The van der Waals surface area contributed by atoms with Crippen LogP contribution in [0.1, 0.15) is 0 Å². The van der Waals surface area contributed by atoms with Gasteiger partial charge in [0.2, 0.25) is 0 Å². The molecule has 0 spiro atoms. The van der Waals surface area contributed by atoms with Crippen molar-refractivity contribution >= 4 is 5.97 Å². The van der Waals surface area contributed by atoms with Crippen molar-refractivity contribution < 1.29 is 9.53 Å². The molecule has 1 aliphatic heterocycles. The summed E-state index contributed by atoms with van der Waals surface area (Å²) in [6, 6.07) is 0. The van der Waals surface area contributed by atoms with Crippen LogP contribution in [0.3, 0.4) is 0 Å². The molecule has 1 saturated heterocycles. The summed E-state index contributed by atoms with van der Waals surface area (Å²) in [5, 5.41) is 3.59. The number of rotatable bonds is 0. The van der Waals surface area contributed by atoms with Gasteiger partial charge in [-0.05, 0) is 0 Å². The quantitative estimate of drug-likeness (QED) is 0.358. The van der Waals surface area contributed by atoms with Gasteiger partial charge in [-0.2, -0.15) is 5.32 Å². The van der Waals surface area contributed by atoms with E-state index in [0.29, 0.717) is 0 Å². The maximum Gasteiger partial charge on any atom is 0.323 e. The van der Waals surface area contributed by atoms with E-state index in [1.54, 1.807) is 0 Å². The van der Waals surface area contributed by atoms with E-state index < -0.39 is 0 Å². The van der Waals surface area contributed by atoms with Crippen molar-refractivity contribution in [2.24, 2.45) is 0 Å². The Kier molecular flexibility index (Phi) is 0.759. The molecule has 3 nitrogen and oxygen atoms in total. The largest absolute Gasteiger partial charge is 0.447 e. The maximum absolute atomic E-state index is 9.93. The minimum Gasteiger partial charge on any atom is -0.447 e. The van der Waals surface area contributed by atoms with E-state index in [1.165, 1.54) is 0 Å². The molecule has 0 aromatic heterocycles. The average Bonchev–Trinajstić information content (AvgIpc) is 1.86. The fourth-order valence-electron chi connectivity index (χ4n) is 0.300. The summed E-state index contributed by atoms with van der Waals surface area (Å²) in [4.78, 5) is 9.93. The molecule has 3 heteroatoms. The molecule has 0 aromatic rings. The van der Waals surface area contributed by atoms with E-state index in [4.69, 9.17) is 0 Å². The standard InChI is InChI=1S/C3H4NO2/c5-3-1-4-2-6-3/h1-2H2. The second-order valence-corrected chi connectivity index (χ2v) is 1.03. The molecule has 1 aliphatic rings. The molecule has 0 unspecified atom stereocenters. The fourth-order valence-corrected chi connectivity index (χ4v) is 0.300. The molecule has 1 fully saturated rings. The minimum atomic E-state index is -0.213. The summed E-state index contributed by atoms with van der Waals surface area (Å²) in [5.74, 6) is -0.213. The van der Waals surface area contributed by atoms with Gasteiger partial charge in [0.1, 0.15) is 6.54 Å². The van der Waals surface area contributed by atoms with E-state index in [2.05, 4.69) is 10.1 Å². The Morgan fingerprint density at radius 1 is 1.83 bits per heavy atom.